The van der Waals surface area contributed by atoms with Gasteiger partial charge in [-0.25, -0.2) is 0 Å². The highest BCUT2D eigenvalue weighted by atomic mass is 16.5. The number of benzene rings is 1. The number of aromatic amines is 1. The zero-order valence-electron chi connectivity index (χ0n) is 12.7. The molecule has 3 rings (SSSR count). The van der Waals surface area contributed by atoms with Gasteiger partial charge in [0.2, 0.25) is 0 Å². The summed E-state index contributed by atoms with van der Waals surface area (Å²) >= 11 is 0. The first kappa shape index (κ1) is 14.1. The third-order valence-corrected chi connectivity index (χ3v) is 4.14. The third kappa shape index (κ3) is 2.95. The number of fused-ring (bicyclic) bond motifs is 1. The fraction of sp³-hybridized carbons (Fsp3) is 0.471. The van der Waals surface area contributed by atoms with Gasteiger partial charge in [-0.3, -0.25) is 4.79 Å². The van der Waals surface area contributed by atoms with Crippen molar-refractivity contribution in [2.24, 2.45) is 0 Å². The molecule has 1 aliphatic rings. The molecule has 1 amide bonds. The molecule has 1 aromatic heterocycles. The van der Waals surface area contributed by atoms with E-state index < -0.39 is 0 Å². The lowest BCUT2D eigenvalue weighted by Crippen LogP contribution is -2.41. The molecular formula is C17H22N2O2. The number of amides is 1. The molecule has 1 aromatic carbocycles. The molecule has 0 aliphatic carbocycles. The Hall–Kier alpha value is -1.81. The second kappa shape index (κ2) is 5.90. The fourth-order valence-corrected chi connectivity index (χ4v) is 3.00. The van der Waals surface area contributed by atoms with Crippen molar-refractivity contribution in [1.82, 2.24) is 9.88 Å². The zero-order valence-corrected chi connectivity index (χ0v) is 12.7. The van der Waals surface area contributed by atoms with Gasteiger partial charge in [0.05, 0.1) is 6.10 Å². The van der Waals surface area contributed by atoms with Crippen LogP contribution in [0.3, 0.4) is 0 Å². The molecule has 1 saturated heterocycles. The van der Waals surface area contributed by atoms with E-state index >= 15 is 0 Å². The SMILES string of the molecule is CCOC1CCN(C(=O)c2cc3cc(C)ccc3[nH]2)CC1. The van der Waals surface area contributed by atoms with E-state index in [9.17, 15) is 4.79 Å². The molecule has 0 atom stereocenters. The van der Waals surface area contributed by atoms with Crippen molar-refractivity contribution in [2.45, 2.75) is 32.8 Å². The minimum absolute atomic E-state index is 0.0961. The fourth-order valence-electron chi connectivity index (χ4n) is 3.00. The lowest BCUT2D eigenvalue weighted by atomic mass is 10.1. The van der Waals surface area contributed by atoms with Gasteiger partial charge >= 0.3 is 0 Å². The lowest BCUT2D eigenvalue weighted by molar-refractivity contribution is 0.0144. The van der Waals surface area contributed by atoms with E-state index in [2.05, 4.69) is 24.0 Å². The number of carbonyl (C=O) groups is 1. The molecule has 1 N–H and O–H groups in total. The maximum Gasteiger partial charge on any atom is 0.270 e. The monoisotopic (exact) mass is 286 g/mol. The summed E-state index contributed by atoms with van der Waals surface area (Å²) in [5.74, 6) is 0.0961. The zero-order chi connectivity index (χ0) is 14.8. The van der Waals surface area contributed by atoms with E-state index in [1.54, 1.807) is 0 Å². The number of aryl methyl sites for hydroxylation is 1. The van der Waals surface area contributed by atoms with Crippen LogP contribution in [0.1, 0.15) is 35.8 Å². The molecule has 0 saturated carbocycles. The number of aromatic nitrogens is 1. The van der Waals surface area contributed by atoms with Gasteiger partial charge in [0.15, 0.2) is 0 Å². The Kier molecular flexibility index (Phi) is 3.97. The average Bonchev–Trinajstić information content (AvgIpc) is 2.90. The van der Waals surface area contributed by atoms with Crippen LogP contribution in [-0.2, 0) is 4.74 Å². The summed E-state index contributed by atoms with van der Waals surface area (Å²) in [5.41, 5.74) is 2.91. The molecule has 21 heavy (non-hydrogen) atoms. The smallest absolute Gasteiger partial charge is 0.270 e. The number of nitrogens with one attached hydrogen (secondary N) is 1. The van der Waals surface area contributed by atoms with Crippen molar-refractivity contribution in [2.75, 3.05) is 19.7 Å². The number of ether oxygens (including phenoxy) is 1. The summed E-state index contributed by atoms with van der Waals surface area (Å²) in [4.78, 5) is 17.7. The van der Waals surface area contributed by atoms with E-state index in [-0.39, 0.29) is 5.91 Å². The van der Waals surface area contributed by atoms with Crippen molar-refractivity contribution >= 4 is 16.8 Å². The number of likely N-dealkylation sites (tertiary alicyclic amines) is 1. The summed E-state index contributed by atoms with van der Waals surface area (Å²) in [6.45, 7) is 6.38. The molecule has 4 nitrogen and oxygen atoms in total. The molecule has 0 unspecified atom stereocenters. The Bertz CT molecular complexity index is 639. The van der Waals surface area contributed by atoms with Gasteiger partial charge < -0.3 is 14.6 Å². The van der Waals surface area contributed by atoms with E-state index in [4.69, 9.17) is 4.74 Å². The van der Waals surface area contributed by atoms with Gasteiger partial charge in [0.1, 0.15) is 5.69 Å². The van der Waals surface area contributed by atoms with E-state index in [1.165, 1.54) is 5.56 Å². The van der Waals surface area contributed by atoms with Gasteiger partial charge in [-0.15, -0.1) is 0 Å². The first-order chi connectivity index (χ1) is 10.2. The van der Waals surface area contributed by atoms with Crippen molar-refractivity contribution in [3.8, 4) is 0 Å². The largest absolute Gasteiger partial charge is 0.378 e. The molecule has 2 aromatic rings. The molecule has 0 spiro atoms. The van der Waals surface area contributed by atoms with Crippen molar-refractivity contribution < 1.29 is 9.53 Å². The topological polar surface area (TPSA) is 45.3 Å². The highest BCUT2D eigenvalue weighted by Crippen LogP contribution is 2.20. The van der Waals surface area contributed by atoms with Gasteiger partial charge in [0, 0.05) is 30.6 Å². The molecule has 1 fully saturated rings. The van der Waals surface area contributed by atoms with Crippen molar-refractivity contribution in [1.29, 1.82) is 0 Å². The Labute approximate surface area is 125 Å². The van der Waals surface area contributed by atoms with E-state index in [1.807, 2.05) is 24.0 Å². The number of hydrogen-bond donors (Lipinski definition) is 1. The highest BCUT2D eigenvalue weighted by Gasteiger charge is 2.24. The highest BCUT2D eigenvalue weighted by molar-refractivity contribution is 5.98. The van der Waals surface area contributed by atoms with Crippen LogP contribution in [0, 0.1) is 6.92 Å². The van der Waals surface area contributed by atoms with Gasteiger partial charge in [0.25, 0.3) is 5.91 Å². The maximum absolute atomic E-state index is 12.6. The summed E-state index contributed by atoms with van der Waals surface area (Å²) in [6, 6.07) is 8.15. The Balaban J connectivity index is 1.72. The number of hydrogen-bond acceptors (Lipinski definition) is 2. The van der Waals surface area contributed by atoms with Crippen LogP contribution >= 0.6 is 0 Å². The summed E-state index contributed by atoms with van der Waals surface area (Å²) < 4.78 is 5.63. The number of carbonyl (C=O) groups excluding carboxylic acids is 1. The van der Waals surface area contributed by atoms with E-state index in [0.717, 1.165) is 43.4 Å². The predicted molar refractivity (Wildman–Crippen MR) is 83.6 cm³/mol. The standard InChI is InChI=1S/C17H22N2O2/c1-3-21-14-6-8-19(9-7-14)17(20)16-11-13-10-12(2)4-5-15(13)18-16/h4-5,10-11,14,18H,3,6-9H2,1-2H3. The van der Waals surface area contributed by atoms with Crippen LogP contribution in [0.4, 0.5) is 0 Å². The maximum atomic E-state index is 12.6. The molecule has 4 heteroatoms. The Morgan fingerprint density at radius 1 is 1.33 bits per heavy atom. The quantitative estimate of drug-likeness (QED) is 0.942. The van der Waals surface area contributed by atoms with Crippen LogP contribution in [-0.4, -0.2) is 41.6 Å². The molecular weight excluding hydrogens is 264 g/mol. The van der Waals surface area contributed by atoms with E-state index in [0.29, 0.717) is 11.8 Å². The summed E-state index contributed by atoms with van der Waals surface area (Å²) in [7, 11) is 0. The first-order valence-electron chi connectivity index (χ1n) is 7.67. The van der Waals surface area contributed by atoms with Gasteiger partial charge in [-0.05, 0) is 44.9 Å². The normalized spacial score (nSPS) is 16.6. The lowest BCUT2D eigenvalue weighted by Gasteiger charge is -2.31. The van der Waals surface area contributed by atoms with Gasteiger partial charge in [-0.2, -0.15) is 0 Å². The average molecular weight is 286 g/mol. The summed E-state index contributed by atoms with van der Waals surface area (Å²) in [5, 5.41) is 1.10. The van der Waals surface area contributed by atoms with Crippen LogP contribution in [0.2, 0.25) is 0 Å². The van der Waals surface area contributed by atoms with Crippen LogP contribution in [0.25, 0.3) is 10.9 Å². The molecule has 2 heterocycles. The number of H-pyrrole nitrogens is 1. The first-order valence-corrected chi connectivity index (χ1v) is 7.67. The second-order valence-corrected chi connectivity index (χ2v) is 5.72. The summed E-state index contributed by atoms with van der Waals surface area (Å²) in [6.07, 6.45) is 2.17. The molecule has 1 aliphatic heterocycles. The molecule has 112 valence electrons. The van der Waals surface area contributed by atoms with Crippen LogP contribution < -0.4 is 0 Å². The van der Waals surface area contributed by atoms with Crippen LogP contribution in [0.5, 0.6) is 0 Å². The molecule has 0 radical (unpaired) electrons. The minimum atomic E-state index is 0.0961. The predicted octanol–water partition coefficient (Wildman–Crippen LogP) is 3.12. The van der Waals surface area contributed by atoms with Crippen molar-refractivity contribution in [3.63, 3.8) is 0 Å². The number of piperidine rings is 1. The van der Waals surface area contributed by atoms with Gasteiger partial charge in [-0.1, -0.05) is 11.6 Å². The molecule has 0 bridgehead atoms. The Morgan fingerprint density at radius 3 is 2.81 bits per heavy atom. The minimum Gasteiger partial charge on any atom is -0.378 e. The van der Waals surface area contributed by atoms with Crippen LogP contribution in [0.15, 0.2) is 24.3 Å². The second-order valence-electron chi connectivity index (χ2n) is 5.72. The van der Waals surface area contributed by atoms with Crippen molar-refractivity contribution in [3.05, 3.63) is 35.5 Å². The third-order valence-electron chi connectivity index (χ3n) is 4.14. The number of rotatable bonds is 3. The number of nitrogens with zero attached hydrogens (tertiary/aromatic N) is 1. The Morgan fingerprint density at radius 2 is 2.10 bits per heavy atom.